The van der Waals surface area contributed by atoms with Gasteiger partial charge in [0, 0.05) is 17.8 Å². The van der Waals surface area contributed by atoms with Crippen molar-refractivity contribution < 1.29 is 19.8 Å². The molecule has 3 fully saturated rings. The monoisotopic (exact) mass is 346 g/mol. The van der Waals surface area contributed by atoms with Crippen molar-refractivity contribution in [3.05, 3.63) is 11.6 Å². The Bertz CT molecular complexity index is 652. The Balaban J connectivity index is 1.75. The minimum atomic E-state index is -0.571. The van der Waals surface area contributed by atoms with Crippen molar-refractivity contribution in [1.29, 1.82) is 0 Å². The molecule has 3 saturated carbocycles. The first-order chi connectivity index (χ1) is 11.7. The number of carbonyl (C=O) groups excluding carboxylic acids is 2. The van der Waals surface area contributed by atoms with E-state index in [2.05, 4.69) is 6.92 Å². The lowest BCUT2D eigenvalue weighted by Crippen LogP contribution is -2.58. The number of Topliss-reactive ketones (excluding diaryl/α,β-unsaturated/α-hetero) is 1. The van der Waals surface area contributed by atoms with Crippen LogP contribution < -0.4 is 0 Å². The third-order valence-corrected chi connectivity index (χ3v) is 8.55. The van der Waals surface area contributed by atoms with Gasteiger partial charge in [0.2, 0.25) is 0 Å². The molecule has 5 unspecified atom stereocenters. The number of hydrogen-bond acceptors (Lipinski definition) is 4. The average molecular weight is 346 g/mol. The quantitative estimate of drug-likeness (QED) is 0.765. The van der Waals surface area contributed by atoms with Crippen LogP contribution in [0.15, 0.2) is 11.6 Å². The van der Waals surface area contributed by atoms with Gasteiger partial charge in [-0.25, -0.2) is 0 Å². The minimum Gasteiger partial charge on any atom is -0.393 e. The second-order valence-corrected chi connectivity index (χ2v) is 9.47. The van der Waals surface area contributed by atoms with E-state index in [9.17, 15) is 19.8 Å². The summed E-state index contributed by atoms with van der Waals surface area (Å²) in [5.74, 6) is 0.654. The van der Waals surface area contributed by atoms with Crippen LogP contribution in [-0.4, -0.2) is 34.0 Å². The Morgan fingerprint density at radius 2 is 1.92 bits per heavy atom. The maximum Gasteiger partial charge on any atom is 0.155 e. The molecule has 4 nitrogen and oxygen atoms in total. The maximum atomic E-state index is 12.2. The van der Waals surface area contributed by atoms with Crippen molar-refractivity contribution in [3.8, 4) is 0 Å². The van der Waals surface area contributed by atoms with Crippen LogP contribution >= 0.6 is 0 Å². The van der Waals surface area contributed by atoms with Gasteiger partial charge in [-0.3, -0.25) is 9.59 Å². The molecular formula is C21H30O4. The fraction of sp³-hybridized carbons (Fsp3) is 0.810. The van der Waals surface area contributed by atoms with Crippen molar-refractivity contribution in [2.75, 3.05) is 0 Å². The summed E-state index contributed by atoms with van der Waals surface area (Å²) in [6, 6.07) is 0. The molecule has 138 valence electrons. The van der Waals surface area contributed by atoms with Crippen LogP contribution in [0.25, 0.3) is 0 Å². The molecule has 25 heavy (non-hydrogen) atoms. The molecule has 0 bridgehead atoms. The van der Waals surface area contributed by atoms with Gasteiger partial charge >= 0.3 is 0 Å². The summed E-state index contributed by atoms with van der Waals surface area (Å²) in [5.41, 5.74) is 0.679. The predicted octanol–water partition coefficient (Wildman–Crippen LogP) is 2.67. The van der Waals surface area contributed by atoms with Crippen LogP contribution in [0.2, 0.25) is 0 Å². The molecule has 0 amide bonds. The Labute approximate surface area is 149 Å². The first-order valence-electron chi connectivity index (χ1n) is 9.80. The zero-order valence-corrected chi connectivity index (χ0v) is 15.5. The van der Waals surface area contributed by atoms with E-state index >= 15 is 0 Å². The zero-order valence-electron chi connectivity index (χ0n) is 15.5. The zero-order chi connectivity index (χ0) is 18.1. The average Bonchev–Trinajstić information content (AvgIpc) is 2.82. The van der Waals surface area contributed by atoms with E-state index in [1.54, 1.807) is 6.92 Å². The van der Waals surface area contributed by atoms with Crippen LogP contribution in [0.5, 0.6) is 0 Å². The molecule has 0 heterocycles. The maximum absolute atomic E-state index is 12.2. The van der Waals surface area contributed by atoms with Gasteiger partial charge in [-0.15, -0.1) is 0 Å². The highest BCUT2D eigenvalue weighted by molar-refractivity contribution is 5.91. The molecule has 0 aromatic rings. The molecule has 4 rings (SSSR count). The number of hydrogen-bond donors (Lipinski definition) is 2. The molecule has 4 heteroatoms. The van der Waals surface area contributed by atoms with E-state index in [1.165, 1.54) is 5.57 Å². The van der Waals surface area contributed by atoms with Gasteiger partial charge in [0.25, 0.3) is 0 Å². The number of carbonyl (C=O) groups is 2. The number of ketones is 2. The fourth-order valence-corrected chi connectivity index (χ4v) is 7.20. The fourth-order valence-electron chi connectivity index (χ4n) is 7.20. The topological polar surface area (TPSA) is 74.6 Å². The van der Waals surface area contributed by atoms with Crippen molar-refractivity contribution in [2.45, 2.75) is 71.5 Å². The summed E-state index contributed by atoms with van der Waals surface area (Å²) in [6.45, 7) is 5.87. The van der Waals surface area contributed by atoms with Crippen LogP contribution in [-0.2, 0) is 9.59 Å². The predicted molar refractivity (Wildman–Crippen MR) is 93.7 cm³/mol. The van der Waals surface area contributed by atoms with Crippen LogP contribution in [0.3, 0.4) is 0 Å². The largest absolute Gasteiger partial charge is 0.393 e. The lowest BCUT2D eigenvalue weighted by atomic mass is 9.45. The Morgan fingerprint density at radius 1 is 1.20 bits per heavy atom. The van der Waals surface area contributed by atoms with E-state index in [-0.39, 0.29) is 34.7 Å². The van der Waals surface area contributed by atoms with Gasteiger partial charge in [-0.1, -0.05) is 19.4 Å². The lowest BCUT2D eigenvalue weighted by Gasteiger charge is -2.59. The number of fused-ring (bicyclic) bond motifs is 5. The van der Waals surface area contributed by atoms with Gasteiger partial charge in [0.15, 0.2) is 5.78 Å². The van der Waals surface area contributed by atoms with Crippen molar-refractivity contribution in [3.63, 3.8) is 0 Å². The molecule has 0 radical (unpaired) electrons. The van der Waals surface area contributed by atoms with Crippen molar-refractivity contribution >= 4 is 11.6 Å². The number of rotatable bonds is 1. The summed E-state index contributed by atoms with van der Waals surface area (Å²) in [7, 11) is 0. The van der Waals surface area contributed by atoms with Crippen LogP contribution in [0, 0.1) is 34.5 Å². The number of aliphatic hydroxyl groups is 2. The summed E-state index contributed by atoms with van der Waals surface area (Å²) in [6.07, 6.45) is 5.21. The number of allylic oxidation sites excluding steroid dienone is 1. The van der Waals surface area contributed by atoms with E-state index in [1.807, 2.05) is 13.0 Å². The highest BCUT2D eigenvalue weighted by atomic mass is 16.3. The summed E-state index contributed by atoms with van der Waals surface area (Å²) >= 11 is 0. The van der Waals surface area contributed by atoms with E-state index in [0.717, 1.165) is 19.3 Å². The Hall–Kier alpha value is -1.00. The first-order valence-corrected chi connectivity index (χ1v) is 9.80. The van der Waals surface area contributed by atoms with Crippen molar-refractivity contribution in [1.82, 2.24) is 0 Å². The highest BCUT2D eigenvalue weighted by Crippen LogP contribution is 2.66. The molecule has 0 aromatic heterocycles. The van der Waals surface area contributed by atoms with Crippen LogP contribution in [0.4, 0.5) is 0 Å². The van der Waals surface area contributed by atoms with Gasteiger partial charge in [0.1, 0.15) is 5.78 Å². The van der Waals surface area contributed by atoms with Gasteiger partial charge in [0.05, 0.1) is 12.2 Å². The molecule has 2 N–H and O–H groups in total. The first kappa shape index (κ1) is 17.4. The molecule has 4 aliphatic rings. The van der Waals surface area contributed by atoms with E-state index in [4.69, 9.17) is 0 Å². The normalized spacial score (nSPS) is 52.0. The highest BCUT2D eigenvalue weighted by Gasteiger charge is 2.65. The van der Waals surface area contributed by atoms with E-state index < -0.39 is 17.6 Å². The van der Waals surface area contributed by atoms with Crippen LogP contribution in [0.1, 0.15) is 59.3 Å². The van der Waals surface area contributed by atoms with E-state index in [0.29, 0.717) is 25.2 Å². The van der Waals surface area contributed by atoms with Crippen molar-refractivity contribution in [2.24, 2.45) is 34.5 Å². The molecule has 0 spiro atoms. The molecular weight excluding hydrogens is 316 g/mol. The van der Waals surface area contributed by atoms with Gasteiger partial charge in [-0.05, 0) is 68.3 Å². The van der Waals surface area contributed by atoms with Gasteiger partial charge in [-0.2, -0.15) is 0 Å². The summed E-state index contributed by atoms with van der Waals surface area (Å²) < 4.78 is 0. The minimum absolute atomic E-state index is 0.0221. The molecule has 0 aliphatic heterocycles. The SMILES string of the molecule is CC(=O)C1CC(O)C2C3CCC4=CC(=O)CC[C@]4(C)C3C[C@@H](O)[C@]12C. The molecule has 8 atom stereocenters. The lowest BCUT2D eigenvalue weighted by molar-refractivity contribution is -0.157. The number of aliphatic hydroxyl groups excluding tert-OH is 2. The summed E-state index contributed by atoms with van der Waals surface area (Å²) in [5, 5.41) is 22.0. The molecule has 4 aliphatic carbocycles. The smallest absolute Gasteiger partial charge is 0.155 e. The Morgan fingerprint density at radius 3 is 2.60 bits per heavy atom. The molecule has 0 aromatic carbocycles. The van der Waals surface area contributed by atoms with Gasteiger partial charge < -0.3 is 10.2 Å². The molecule has 0 saturated heterocycles. The third-order valence-electron chi connectivity index (χ3n) is 8.55. The second kappa shape index (κ2) is 5.50. The Kier molecular flexibility index (Phi) is 3.83. The standard InChI is InChI=1S/C21H30O4/c1-11(22)15-9-17(24)19-14-5-4-12-8-13(23)6-7-20(12,2)16(14)10-18(25)21(15,19)3/h8,14-19,24-25H,4-7,9-10H2,1-3H3/t14?,15?,16?,17?,18-,19?,20+,21+/m1/s1. The second-order valence-electron chi connectivity index (χ2n) is 9.47. The third kappa shape index (κ3) is 2.19. The summed E-state index contributed by atoms with van der Waals surface area (Å²) in [4.78, 5) is 24.1.